The summed E-state index contributed by atoms with van der Waals surface area (Å²) in [5.41, 5.74) is 15.6. The van der Waals surface area contributed by atoms with E-state index in [-0.39, 0.29) is 17.8 Å². The molecule has 0 saturated heterocycles. The summed E-state index contributed by atoms with van der Waals surface area (Å²) in [4.78, 5) is 17.9. The van der Waals surface area contributed by atoms with Crippen LogP contribution in [0.2, 0.25) is 0 Å². The largest absolute Gasteiger partial charge is 0.408 e. The van der Waals surface area contributed by atoms with Crippen molar-refractivity contribution in [2.75, 3.05) is 6.54 Å². The van der Waals surface area contributed by atoms with Crippen LogP contribution in [0.25, 0.3) is 0 Å². The first-order chi connectivity index (χ1) is 7.13. The third-order valence-electron chi connectivity index (χ3n) is 1.89. The third-order valence-corrected chi connectivity index (χ3v) is 1.89. The second-order valence-electron chi connectivity index (χ2n) is 3.10. The fourth-order valence-corrected chi connectivity index (χ4v) is 1.19. The first kappa shape index (κ1) is 11.4. The van der Waals surface area contributed by atoms with Gasteiger partial charge in [-0.25, -0.2) is 9.79 Å². The molecule has 83 valence electrons. The lowest BCUT2D eigenvalue weighted by atomic mass is 10.2. The Morgan fingerprint density at radius 2 is 2.33 bits per heavy atom. The van der Waals surface area contributed by atoms with E-state index in [1.165, 1.54) is 6.54 Å². The maximum absolute atomic E-state index is 11.2. The third kappa shape index (κ3) is 3.55. The molecule has 7 heteroatoms. The van der Waals surface area contributed by atoms with Gasteiger partial charge in [0.05, 0.1) is 6.54 Å². The standard InChI is InChI=1S/C8H14N5O2/c9-4-6-13-5(7(14)15-6)2-1-3-12-8(10)11/h4-5H,1-3,9H2,(H4,10,11,12)/p+1. The van der Waals surface area contributed by atoms with E-state index in [1.807, 2.05) is 0 Å². The SMILES string of the molecule is N[CH]C1=NC(CCC[NH+]=C(N)N)C(=O)O1. The van der Waals surface area contributed by atoms with Crippen LogP contribution in [0.5, 0.6) is 0 Å². The molecule has 1 unspecified atom stereocenters. The Morgan fingerprint density at radius 3 is 2.87 bits per heavy atom. The quantitative estimate of drug-likeness (QED) is 0.163. The fraction of sp³-hybridized carbons (Fsp3) is 0.500. The van der Waals surface area contributed by atoms with E-state index in [4.69, 9.17) is 21.9 Å². The smallest absolute Gasteiger partial charge is 0.338 e. The van der Waals surface area contributed by atoms with Crippen LogP contribution in [0.3, 0.4) is 0 Å². The highest BCUT2D eigenvalue weighted by molar-refractivity contribution is 6.00. The molecule has 1 radical (unpaired) electrons. The van der Waals surface area contributed by atoms with Crippen LogP contribution in [0, 0.1) is 6.54 Å². The Hall–Kier alpha value is -1.63. The number of nitrogens with zero attached hydrogens (tertiary/aromatic N) is 1. The highest BCUT2D eigenvalue weighted by Gasteiger charge is 2.27. The van der Waals surface area contributed by atoms with E-state index in [9.17, 15) is 4.79 Å². The molecule has 7 nitrogen and oxygen atoms in total. The van der Waals surface area contributed by atoms with Crippen molar-refractivity contribution in [2.45, 2.75) is 18.9 Å². The van der Waals surface area contributed by atoms with E-state index >= 15 is 0 Å². The lowest BCUT2D eigenvalue weighted by Crippen LogP contribution is -2.78. The molecule has 1 aliphatic rings. The average Bonchev–Trinajstić information content (AvgIpc) is 2.54. The summed E-state index contributed by atoms with van der Waals surface area (Å²) in [5.74, 6) is -0.0114. The molecular formula is C8H15N5O2+. The molecule has 7 N–H and O–H groups in total. The van der Waals surface area contributed by atoms with Crippen molar-refractivity contribution in [3.05, 3.63) is 6.54 Å². The number of carbonyl (C=O) groups excluding carboxylic acids is 1. The summed E-state index contributed by atoms with van der Waals surface area (Å²) in [5, 5.41) is 0. The molecule has 0 amide bonds. The fourth-order valence-electron chi connectivity index (χ4n) is 1.19. The number of guanidine groups is 1. The zero-order valence-electron chi connectivity index (χ0n) is 8.27. The Labute approximate surface area is 87.4 Å². The van der Waals surface area contributed by atoms with Gasteiger partial charge in [0.1, 0.15) is 6.54 Å². The number of rotatable bonds is 5. The number of carbonyl (C=O) groups is 1. The summed E-state index contributed by atoms with van der Waals surface area (Å²) in [6, 6.07) is -0.458. The molecule has 0 aromatic heterocycles. The highest BCUT2D eigenvalue weighted by Crippen LogP contribution is 2.11. The Morgan fingerprint density at radius 1 is 1.60 bits per heavy atom. The van der Waals surface area contributed by atoms with Gasteiger partial charge in [-0.15, -0.1) is 0 Å². The minimum absolute atomic E-state index is 0.170. The summed E-state index contributed by atoms with van der Waals surface area (Å²) >= 11 is 0. The van der Waals surface area contributed by atoms with Crippen molar-refractivity contribution in [3.63, 3.8) is 0 Å². The molecule has 0 bridgehead atoms. The lowest BCUT2D eigenvalue weighted by molar-refractivity contribution is -0.459. The number of hydrogen-bond donors (Lipinski definition) is 4. The van der Waals surface area contributed by atoms with Crippen molar-refractivity contribution in [3.8, 4) is 0 Å². The van der Waals surface area contributed by atoms with Crippen LogP contribution in [0.1, 0.15) is 12.8 Å². The van der Waals surface area contributed by atoms with Crippen molar-refractivity contribution in [1.82, 2.24) is 0 Å². The number of cyclic esters (lactones) is 1. The van der Waals surface area contributed by atoms with E-state index in [0.29, 0.717) is 13.0 Å². The van der Waals surface area contributed by atoms with Crippen LogP contribution >= 0.6 is 0 Å². The van der Waals surface area contributed by atoms with Gasteiger partial charge in [-0.1, -0.05) is 0 Å². The Balaban J connectivity index is 2.30. The van der Waals surface area contributed by atoms with Gasteiger partial charge in [-0.3, -0.25) is 16.5 Å². The second kappa shape index (κ2) is 5.30. The average molecular weight is 213 g/mol. The number of hydrogen-bond acceptors (Lipinski definition) is 4. The van der Waals surface area contributed by atoms with Crippen molar-refractivity contribution in [1.29, 1.82) is 0 Å². The van der Waals surface area contributed by atoms with Crippen LogP contribution in [0.15, 0.2) is 4.99 Å². The maximum atomic E-state index is 11.2. The normalized spacial score (nSPS) is 19.7. The predicted octanol–water partition coefficient (Wildman–Crippen LogP) is -3.44. The first-order valence-corrected chi connectivity index (χ1v) is 4.59. The second-order valence-corrected chi connectivity index (χ2v) is 3.10. The minimum atomic E-state index is -0.458. The van der Waals surface area contributed by atoms with E-state index in [0.717, 1.165) is 6.42 Å². The van der Waals surface area contributed by atoms with E-state index < -0.39 is 6.04 Å². The molecule has 15 heavy (non-hydrogen) atoms. The number of nitrogens with one attached hydrogen (secondary N) is 1. The molecule has 0 aromatic carbocycles. The Bertz CT molecular complexity index is 295. The number of ether oxygens (including phenoxy) is 1. The topological polar surface area (TPSA) is 131 Å². The monoisotopic (exact) mass is 213 g/mol. The van der Waals surface area contributed by atoms with Gasteiger partial charge < -0.3 is 10.5 Å². The molecule has 0 spiro atoms. The van der Waals surface area contributed by atoms with Gasteiger partial charge >= 0.3 is 11.9 Å². The van der Waals surface area contributed by atoms with Crippen LogP contribution in [-0.4, -0.2) is 30.4 Å². The van der Waals surface area contributed by atoms with Crippen LogP contribution in [-0.2, 0) is 9.53 Å². The molecule has 1 aliphatic heterocycles. The molecule has 1 heterocycles. The van der Waals surface area contributed by atoms with Crippen molar-refractivity contribution < 1.29 is 14.5 Å². The predicted molar refractivity (Wildman–Crippen MR) is 54.2 cm³/mol. The van der Waals surface area contributed by atoms with Gasteiger partial charge in [-0.05, 0) is 12.8 Å². The zero-order chi connectivity index (χ0) is 11.3. The van der Waals surface area contributed by atoms with E-state index in [1.54, 1.807) is 0 Å². The lowest BCUT2D eigenvalue weighted by Gasteiger charge is -2.00. The summed E-state index contributed by atoms with van der Waals surface area (Å²) in [7, 11) is 0. The van der Waals surface area contributed by atoms with Crippen molar-refractivity contribution in [2.24, 2.45) is 22.2 Å². The number of esters is 1. The molecule has 0 fully saturated rings. The number of aliphatic imine (C=N–C) groups is 1. The molecule has 1 rings (SSSR count). The molecule has 1 atom stereocenters. The number of nitrogens with two attached hydrogens (primary N) is 3. The van der Waals surface area contributed by atoms with Gasteiger partial charge in [0.2, 0.25) is 5.90 Å². The van der Waals surface area contributed by atoms with E-state index in [2.05, 4.69) is 9.98 Å². The van der Waals surface area contributed by atoms with Crippen molar-refractivity contribution >= 4 is 17.8 Å². The van der Waals surface area contributed by atoms with Gasteiger partial charge in [-0.2, -0.15) is 0 Å². The molecular weight excluding hydrogens is 198 g/mol. The maximum Gasteiger partial charge on any atom is 0.338 e. The molecule has 0 aromatic rings. The minimum Gasteiger partial charge on any atom is -0.408 e. The van der Waals surface area contributed by atoms with Gasteiger partial charge in [0.15, 0.2) is 6.04 Å². The van der Waals surface area contributed by atoms with Crippen LogP contribution in [0.4, 0.5) is 0 Å². The van der Waals surface area contributed by atoms with Gasteiger partial charge in [0.25, 0.3) is 0 Å². The van der Waals surface area contributed by atoms with Crippen LogP contribution < -0.4 is 22.2 Å². The Kier molecular flexibility index (Phi) is 4.04. The molecule has 0 aliphatic carbocycles. The summed E-state index contributed by atoms with van der Waals surface area (Å²) < 4.78 is 4.76. The first-order valence-electron chi connectivity index (χ1n) is 4.59. The summed E-state index contributed by atoms with van der Waals surface area (Å²) in [6.07, 6.45) is 1.30. The zero-order valence-corrected chi connectivity index (χ0v) is 8.27. The highest BCUT2D eigenvalue weighted by atomic mass is 16.6. The summed E-state index contributed by atoms with van der Waals surface area (Å²) in [6.45, 7) is 1.77. The van der Waals surface area contributed by atoms with Gasteiger partial charge in [0, 0.05) is 0 Å². The molecule has 0 saturated carbocycles.